The average Bonchev–Trinajstić information content (AvgIpc) is 2.97. The van der Waals surface area contributed by atoms with Crippen LogP contribution in [0.1, 0.15) is 43.8 Å². The summed E-state index contributed by atoms with van der Waals surface area (Å²) in [5, 5.41) is 4.55. The largest absolute Gasteiger partial charge is 0.377 e. The molecule has 0 unspecified atom stereocenters. The standard InChI is InChI=1S/C13H20N2O2/c1-17-10-13(16)7-6-11-8-9-15(14-11)12-4-2-3-5-12/h8-9,12H,2-7,10H2,1H3. The molecular weight excluding hydrogens is 216 g/mol. The number of hydrogen-bond donors (Lipinski definition) is 0. The number of nitrogens with zero attached hydrogens (tertiary/aromatic N) is 2. The quantitative estimate of drug-likeness (QED) is 0.760. The molecule has 0 amide bonds. The maximum atomic E-state index is 11.3. The number of aryl methyl sites for hydroxylation is 1. The summed E-state index contributed by atoms with van der Waals surface area (Å²) in [6.45, 7) is 0.212. The van der Waals surface area contributed by atoms with Gasteiger partial charge in [-0.2, -0.15) is 5.10 Å². The highest BCUT2D eigenvalue weighted by Gasteiger charge is 2.17. The first-order valence-electron chi connectivity index (χ1n) is 6.34. The lowest BCUT2D eigenvalue weighted by atomic mass is 10.2. The first-order valence-corrected chi connectivity index (χ1v) is 6.34. The minimum absolute atomic E-state index is 0.142. The maximum absolute atomic E-state index is 11.3. The van der Waals surface area contributed by atoms with E-state index in [-0.39, 0.29) is 12.4 Å². The Hall–Kier alpha value is -1.16. The lowest BCUT2D eigenvalue weighted by Gasteiger charge is -2.08. The highest BCUT2D eigenvalue weighted by molar-refractivity contribution is 5.79. The van der Waals surface area contributed by atoms with Crippen molar-refractivity contribution < 1.29 is 9.53 Å². The molecule has 4 heteroatoms. The second-order valence-corrected chi connectivity index (χ2v) is 4.70. The third kappa shape index (κ3) is 3.40. The van der Waals surface area contributed by atoms with E-state index in [4.69, 9.17) is 4.74 Å². The Labute approximate surface area is 102 Å². The van der Waals surface area contributed by atoms with Crippen molar-refractivity contribution in [2.75, 3.05) is 13.7 Å². The molecular formula is C13H20N2O2. The Morgan fingerprint density at radius 2 is 2.29 bits per heavy atom. The lowest BCUT2D eigenvalue weighted by molar-refractivity contribution is -0.122. The van der Waals surface area contributed by atoms with Crippen LogP contribution in [0.5, 0.6) is 0 Å². The minimum Gasteiger partial charge on any atom is -0.377 e. The van der Waals surface area contributed by atoms with Gasteiger partial charge in [0.1, 0.15) is 6.61 Å². The topological polar surface area (TPSA) is 44.1 Å². The average molecular weight is 236 g/mol. The zero-order valence-electron chi connectivity index (χ0n) is 10.4. The molecule has 17 heavy (non-hydrogen) atoms. The Bertz CT molecular complexity index is 367. The monoisotopic (exact) mass is 236 g/mol. The van der Waals surface area contributed by atoms with Crippen LogP contribution in [0.4, 0.5) is 0 Å². The van der Waals surface area contributed by atoms with E-state index in [2.05, 4.69) is 9.78 Å². The first-order chi connectivity index (χ1) is 8.29. The van der Waals surface area contributed by atoms with Crippen molar-refractivity contribution in [3.05, 3.63) is 18.0 Å². The zero-order valence-corrected chi connectivity index (χ0v) is 10.4. The fraction of sp³-hybridized carbons (Fsp3) is 0.692. The molecule has 4 nitrogen and oxygen atoms in total. The van der Waals surface area contributed by atoms with Gasteiger partial charge in [0, 0.05) is 19.7 Å². The van der Waals surface area contributed by atoms with Crippen molar-refractivity contribution in [3.63, 3.8) is 0 Å². The predicted octanol–water partition coefficient (Wildman–Crippen LogP) is 2.15. The highest BCUT2D eigenvalue weighted by atomic mass is 16.5. The van der Waals surface area contributed by atoms with Gasteiger partial charge in [0.25, 0.3) is 0 Å². The summed E-state index contributed by atoms with van der Waals surface area (Å²) in [5.74, 6) is 0.142. The summed E-state index contributed by atoms with van der Waals surface area (Å²) in [4.78, 5) is 11.3. The number of carbonyl (C=O) groups is 1. The van der Waals surface area contributed by atoms with E-state index in [1.165, 1.54) is 25.7 Å². The van der Waals surface area contributed by atoms with Gasteiger partial charge in [-0.3, -0.25) is 9.48 Å². The van der Waals surface area contributed by atoms with Crippen molar-refractivity contribution >= 4 is 5.78 Å². The number of carbonyl (C=O) groups excluding carboxylic acids is 1. The van der Waals surface area contributed by atoms with Gasteiger partial charge in [0.2, 0.25) is 0 Å². The molecule has 1 aliphatic carbocycles. The molecule has 1 fully saturated rings. The minimum atomic E-state index is 0.142. The van der Waals surface area contributed by atoms with Crippen LogP contribution in [0.15, 0.2) is 12.3 Å². The summed E-state index contributed by atoms with van der Waals surface area (Å²) in [7, 11) is 1.55. The van der Waals surface area contributed by atoms with Crippen molar-refractivity contribution in [1.82, 2.24) is 9.78 Å². The van der Waals surface area contributed by atoms with Crippen LogP contribution in [0.25, 0.3) is 0 Å². The summed E-state index contributed by atoms with van der Waals surface area (Å²) >= 11 is 0. The lowest BCUT2D eigenvalue weighted by Crippen LogP contribution is -2.09. The number of Topliss-reactive ketones (excluding diaryl/α,β-unsaturated/α-hetero) is 1. The highest BCUT2D eigenvalue weighted by Crippen LogP contribution is 2.28. The van der Waals surface area contributed by atoms with Crippen LogP contribution >= 0.6 is 0 Å². The Morgan fingerprint density at radius 3 is 3.00 bits per heavy atom. The molecule has 94 valence electrons. The summed E-state index contributed by atoms with van der Waals surface area (Å²) in [5.41, 5.74) is 1.02. The normalized spacial score (nSPS) is 16.5. The van der Waals surface area contributed by atoms with Crippen molar-refractivity contribution in [1.29, 1.82) is 0 Å². The van der Waals surface area contributed by atoms with Crippen LogP contribution < -0.4 is 0 Å². The van der Waals surface area contributed by atoms with Gasteiger partial charge in [-0.25, -0.2) is 0 Å². The molecule has 0 bridgehead atoms. The van der Waals surface area contributed by atoms with E-state index >= 15 is 0 Å². The van der Waals surface area contributed by atoms with Gasteiger partial charge in [0.15, 0.2) is 5.78 Å². The Balaban J connectivity index is 1.83. The summed E-state index contributed by atoms with van der Waals surface area (Å²) in [6.07, 6.45) is 8.40. The number of aromatic nitrogens is 2. The smallest absolute Gasteiger partial charge is 0.158 e. The van der Waals surface area contributed by atoms with Crippen molar-refractivity contribution in [2.45, 2.75) is 44.6 Å². The molecule has 1 heterocycles. The van der Waals surface area contributed by atoms with E-state index in [9.17, 15) is 4.79 Å². The van der Waals surface area contributed by atoms with Crippen LogP contribution in [0.3, 0.4) is 0 Å². The molecule has 1 aromatic rings. The number of ether oxygens (including phenoxy) is 1. The second kappa shape index (κ2) is 5.96. The van der Waals surface area contributed by atoms with Gasteiger partial charge in [-0.15, -0.1) is 0 Å². The third-order valence-electron chi connectivity index (χ3n) is 3.33. The van der Waals surface area contributed by atoms with Crippen LogP contribution in [0, 0.1) is 0 Å². The van der Waals surface area contributed by atoms with Crippen molar-refractivity contribution in [2.24, 2.45) is 0 Å². The molecule has 2 rings (SSSR count). The maximum Gasteiger partial charge on any atom is 0.158 e. The molecule has 0 atom stereocenters. The van der Waals surface area contributed by atoms with E-state index in [0.29, 0.717) is 12.5 Å². The van der Waals surface area contributed by atoms with Gasteiger partial charge in [-0.1, -0.05) is 12.8 Å². The summed E-state index contributed by atoms with van der Waals surface area (Å²) in [6, 6.07) is 2.61. The van der Waals surface area contributed by atoms with Crippen molar-refractivity contribution in [3.8, 4) is 0 Å². The molecule has 0 aromatic carbocycles. The van der Waals surface area contributed by atoms with E-state index in [1.807, 2.05) is 12.3 Å². The number of ketones is 1. The molecule has 0 N–H and O–H groups in total. The Morgan fingerprint density at radius 1 is 1.53 bits per heavy atom. The number of methoxy groups -OCH3 is 1. The van der Waals surface area contributed by atoms with E-state index in [1.54, 1.807) is 7.11 Å². The number of hydrogen-bond acceptors (Lipinski definition) is 3. The fourth-order valence-electron chi connectivity index (χ4n) is 2.38. The van der Waals surface area contributed by atoms with Gasteiger partial charge < -0.3 is 4.74 Å². The van der Waals surface area contributed by atoms with Crippen LogP contribution in [-0.4, -0.2) is 29.3 Å². The Kier molecular flexibility index (Phi) is 4.31. The molecule has 0 spiro atoms. The zero-order chi connectivity index (χ0) is 12.1. The molecule has 0 saturated heterocycles. The second-order valence-electron chi connectivity index (χ2n) is 4.70. The first kappa shape index (κ1) is 12.3. The molecule has 1 aromatic heterocycles. The third-order valence-corrected chi connectivity index (χ3v) is 3.33. The van der Waals surface area contributed by atoms with Gasteiger partial charge in [0.05, 0.1) is 11.7 Å². The van der Waals surface area contributed by atoms with Crippen LogP contribution in [0.2, 0.25) is 0 Å². The fourth-order valence-corrected chi connectivity index (χ4v) is 2.38. The SMILES string of the molecule is COCC(=O)CCc1ccn(C2CCCC2)n1. The molecule has 1 aliphatic rings. The van der Waals surface area contributed by atoms with Crippen LogP contribution in [-0.2, 0) is 16.0 Å². The van der Waals surface area contributed by atoms with Gasteiger partial charge in [-0.05, 0) is 25.3 Å². The number of rotatable bonds is 6. The predicted molar refractivity (Wildman–Crippen MR) is 64.9 cm³/mol. The summed E-state index contributed by atoms with van der Waals surface area (Å²) < 4.78 is 6.88. The van der Waals surface area contributed by atoms with Gasteiger partial charge >= 0.3 is 0 Å². The van der Waals surface area contributed by atoms with E-state index < -0.39 is 0 Å². The van der Waals surface area contributed by atoms with E-state index in [0.717, 1.165) is 12.1 Å². The molecule has 0 aliphatic heterocycles. The molecule has 0 radical (unpaired) electrons. The molecule has 1 saturated carbocycles.